The third kappa shape index (κ3) is 3.72. The van der Waals surface area contributed by atoms with Crippen molar-refractivity contribution in [2.24, 2.45) is 23.5 Å². The van der Waals surface area contributed by atoms with Gasteiger partial charge < -0.3 is 5.73 Å². The maximum atomic E-state index is 6.28. The summed E-state index contributed by atoms with van der Waals surface area (Å²) in [6.45, 7) is 15.0. The molecule has 0 aliphatic heterocycles. The van der Waals surface area contributed by atoms with Gasteiger partial charge in [-0.25, -0.2) is 0 Å². The van der Waals surface area contributed by atoms with Gasteiger partial charge in [0.25, 0.3) is 0 Å². The number of rotatable bonds is 7. The molecule has 3 atom stereocenters. The van der Waals surface area contributed by atoms with Crippen LogP contribution < -0.4 is 5.73 Å². The fourth-order valence-corrected chi connectivity index (χ4v) is 4.05. The Kier molecular flexibility index (Phi) is 6.82. The lowest BCUT2D eigenvalue weighted by atomic mass is 9.68. The van der Waals surface area contributed by atoms with Crippen molar-refractivity contribution in [3.8, 4) is 0 Å². The van der Waals surface area contributed by atoms with Crippen molar-refractivity contribution < 1.29 is 0 Å². The second-order valence-corrected chi connectivity index (χ2v) is 6.82. The normalized spacial score (nSPS) is 32.2. The second-order valence-electron chi connectivity index (χ2n) is 6.82. The van der Waals surface area contributed by atoms with E-state index >= 15 is 0 Å². The lowest BCUT2D eigenvalue weighted by Gasteiger charge is -2.52. The predicted octanol–water partition coefficient (Wildman–Crippen LogP) is 3.90. The number of likely N-dealkylation sites (N-methyl/N-ethyl adjacent to an activating group) is 1. The maximum Gasteiger partial charge on any atom is 0.0359 e. The van der Waals surface area contributed by atoms with Crippen molar-refractivity contribution in [3.63, 3.8) is 0 Å². The Bertz CT molecular complexity index is 250. The first-order valence-corrected chi connectivity index (χ1v) is 8.49. The van der Waals surface area contributed by atoms with Crippen molar-refractivity contribution in [1.29, 1.82) is 0 Å². The molecule has 0 aromatic carbocycles. The van der Waals surface area contributed by atoms with Gasteiger partial charge in [0.05, 0.1) is 0 Å². The molecule has 0 amide bonds. The Balaban J connectivity index is 2.88. The monoisotopic (exact) mass is 268 g/mol. The van der Waals surface area contributed by atoms with Crippen molar-refractivity contribution >= 4 is 0 Å². The largest absolute Gasteiger partial charge is 0.329 e. The average molecular weight is 268 g/mol. The third-order valence-electron chi connectivity index (χ3n) is 5.71. The first-order chi connectivity index (χ1) is 9.03. The van der Waals surface area contributed by atoms with Crippen molar-refractivity contribution in [1.82, 2.24) is 4.90 Å². The molecule has 2 N–H and O–H groups in total. The summed E-state index contributed by atoms with van der Waals surface area (Å²) in [6, 6.07) is 0. The summed E-state index contributed by atoms with van der Waals surface area (Å²) in [5, 5.41) is 0. The SMILES string of the molecule is CCC(CC)CN(CC)C1(CN)CC(C)CCC1C. The van der Waals surface area contributed by atoms with Gasteiger partial charge in [-0.2, -0.15) is 0 Å². The Hall–Kier alpha value is -0.0800. The first-order valence-electron chi connectivity index (χ1n) is 8.49. The Morgan fingerprint density at radius 2 is 1.79 bits per heavy atom. The molecule has 1 aliphatic carbocycles. The number of hydrogen-bond donors (Lipinski definition) is 1. The fraction of sp³-hybridized carbons (Fsp3) is 1.00. The zero-order valence-electron chi connectivity index (χ0n) is 13.9. The number of hydrogen-bond acceptors (Lipinski definition) is 2. The number of nitrogens with two attached hydrogens (primary N) is 1. The maximum absolute atomic E-state index is 6.28. The van der Waals surface area contributed by atoms with E-state index in [0.29, 0.717) is 0 Å². The van der Waals surface area contributed by atoms with Crippen LogP contribution in [0.4, 0.5) is 0 Å². The molecule has 1 aliphatic rings. The van der Waals surface area contributed by atoms with Crippen LogP contribution in [-0.2, 0) is 0 Å². The molecule has 0 aromatic heterocycles. The fourth-order valence-electron chi connectivity index (χ4n) is 4.05. The minimum absolute atomic E-state index is 0.259. The highest BCUT2D eigenvalue weighted by Crippen LogP contribution is 2.41. The van der Waals surface area contributed by atoms with Gasteiger partial charge in [-0.05, 0) is 37.1 Å². The van der Waals surface area contributed by atoms with Gasteiger partial charge in [0.2, 0.25) is 0 Å². The van der Waals surface area contributed by atoms with E-state index in [1.807, 2.05) is 0 Å². The molecule has 2 heteroatoms. The van der Waals surface area contributed by atoms with E-state index in [0.717, 1.165) is 30.8 Å². The van der Waals surface area contributed by atoms with Crippen LogP contribution in [-0.4, -0.2) is 30.1 Å². The van der Waals surface area contributed by atoms with E-state index < -0.39 is 0 Å². The van der Waals surface area contributed by atoms with Crippen LogP contribution in [0.15, 0.2) is 0 Å². The molecule has 3 unspecified atom stereocenters. The van der Waals surface area contributed by atoms with Gasteiger partial charge in [0.15, 0.2) is 0 Å². The smallest absolute Gasteiger partial charge is 0.0359 e. The van der Waals surface area contributed by atoms with Gasteiger partial charge in [0.1, 0.15) is 0 Å². The summed E-state index contributed by atoms with van der Waals surface area (Å²) >= 11 is 0. The summed E-state index contributed by atoms with van der Waals surface area (Å²) in [5.74, 6) is 2.39. The van der Waals surface area contributed by atoms with Crippen LogP contribution in [0.3, 0.4) is 0 Å². The lowest BCUT2D eigenvalue weighted by molar-refractivity contribution is -0.0108. The topological polar surface area (TPSA) is 29.3 Å². The molecule has 0 aromatic rings. The highest BCUT2D eigenvalue weighted by atomic mass is 15.2. The lowest BCUT2D eigenvalue weighted by Crippen LogP contribution is -2.61. The number of nitrogens with zero attached hydrogens (tertiary/aromatic N) is 1. The summed E-state index contributed by atoms with van der Waals surface area (Å²) in [7, 11) is 0. The molecule has 0 bridgehead atoms. The molecule has 1 saturated carbocycles. The minimum Gasteiger partial charge on any atom is -0.329 e. The van der Waals surface area contributed by atoms with Crippen LogP contribution >= 0.6 is 0 Å². The van der Waals surface area contributed by atoms with E-state index in [1.54, 1.807) is 0 Å². The Morgan fingerprint density at radius 1 is 1.16 bits per heavy atom. The zero-order valence-corrected chi connectivity index (χ0v) is 13.9. The van der Waals surface area contributed by atoms with Crippen molar-refractivity contribution in [2.45, 2.75) is 72.3 Å². The molecule has 19 heavy (non-hydrogen) atoms. The molecule has 0 spiro atoms. The Labute approximate surface area is 121 Å². The summed E-state index contributed by atoms with van der Waals surface area (Å²) < 4.78 is 0. The molecule has 1 fully saturated rings. The quantitative estimate of drug-likeness (QED) is 0.759. The van der Waals surface area contributed by atoms with Crippen LogP contribution in [0, 0.1) is 17.8 Å². The molecule has 114 valence electrons. The standard InChI is InChI=1S/C17H36N2/c1-6-16(7-2)12-19(8-3)17(13-18)11-14(4)9-10-15(17)5/h14-16H,6-13,18H2,1-5H3. The van der Waals surface area contributed by atoms with Gasteiger partial charge >= 0.3 is 0 Å². The van der Waals surface area contributed by atoms with Crippen molar-refractivity contribution in [3.05, 3.63) is 0 Å². The minimum atomic E-state index is 0.259. The van der Waals surface area contributed by atoms with E-state index in [-0.39, 0.29) is 5.54 Å². The zero-order chi connectivity index (χ0) is 14.5. The molecular formula is C17H36N2. The molecule has 0 saturated heterocycles. The summed E-state index contributed by atoms with van der Waals surface area (Å²) in [4.78, 5) is 2.73. The van der Waals surface area contributed by atoms with E-state index in [4.69, 9.17) is 5.73 Å². The molecule has 2 nitrogen and oxygen atoms in total. The molecule has 0 radical (unpaired) electrons. The van der Waals surface area contributed by atoms with Gasteiger partial charge in [-0.15, -0.1) is 0 Å². The highest BCUT2D eigenvalue weighted by molar-refractivity contribution is 5.00. The first kappa shape index (κ1) is 17.0. The second kappa shape index (κ2) is 7.64. The van der Waals surface area contributed by atoms with Gasteiger partial charge in [-0.3, -0.25) is 4.90 Å². The van der Waals surface area contributed by atoms with Crippen LogP contribution in [0.5, 0.6) is 0 Å². The molecular weight excluding hydrogens is 232 g/mol. The molecule has 1 rings (SSSR count). The predicted molar refractivity (Wildman–Crippen MR) is 85.3 cm³/mol. The van der Waals surface area contributed by atoms with E-state index in [1.165, 1.54) is 38.6 Å². The van der Waals surface area contributed by atoms with Crippen LogP contribution in [0.1, 0.15) is 66.7 Å². The van der Waals surface area contributed by atoms with Gasteiger partial charge in [-0.1, -0.05) is 53.9 Å². The third-order valence-corrected chi connectivity index (χ3v) is 5.71. The highest BCUT2D eigenvalue weighted by Gasteiger charge is 2.43. The van der Waals surface area contributed by atoms with Crippen LogP contribution in [0.25, 0.3) is 0 Å². The van der Waals surface area contributed by atoms with Crippen LogP contribution in [0.2, 0.25) is 0 Å². The van der Waals surface area contributed by atoms with Gasteiger partial charge in [0, 0.05) is 18.6 Å². The molecule has 0 heterocycles. The Morgan fingerprint density at radius 3 is 2.26 bits per heavy atom. The van der Waals surface area contributed by atoms with Crippen molar-refractivity contribution in [2.75, 3.05) is 19.6 Å². The van der Waals surface area contributed by atoms with E-state index in [2.05, 4.69) is 39.5 Å². The average Bonchev–Trinajstić information content (AvgIpc) is 2.43. The summed E-state index contributed by atoms with van der Waals surface area (Å²) in [6.07, 6.45) is 6.59. The summed E-state index contributed by atoms with van der Waals surface area (Å²) in [5.41, 5.74) is 6.54. The van der Waals surface area contributed by atoms with E-state index in [9.17, 15) is 0 Å².